The minimum absolute atomic E-state index is 0.0376. The van der Waals surface area contributed by atoms with Crippen molar-refractivity contribution in [2.45, 2.75) is 97.5 Å². The van der Waals surface area contributed by atoms with Gasteiger partial charge in [-0.3, -0.25) is 0 Å². The van der Waals surface area contributed by atoms with E-state index in [2.05, 4.69) is 12.2 Å². The molecule has 0 saturated carbocycles. The lowest BCUT2D eigenvalue weighted by Gasteiger charge is -2.13. The third-order valence-electron chi connectivity index (χ3n) is 3.59. The smallest absolute Gasteiger partial charge is 0.407 e. The fourth-order valence-corrected chi connectivity index (χ4v) is 2.35. The van der Waals surface area contributed by atoms with E-state index in [1.54, 1.807) is 0 Å². The van der Waals surface area contributed by atoms with Crippen LogP contribution in [0.15, 0.2) is 0 Å². The Morgan fingerprint density at radius 3 is 1.90 bits per heavy atom. The molecule has 0 aromatic heterocycles. The van der Waals surface area contributed by atoms with Gasteiger partial charge in [-0.2, -0.15) is 0 Å². The molecule has 0 fully saturated rings. The molecule has 120 valence electrons. The quantitative estimate of drug-likeness (QED) is 0.458. The van der Waals surface area contributed by atoms with Gasteiger partial charge in [-0.1, -0.05) is 64.7 Å². The maximum absolute atomic E-state index is 11.2. The van der Waals surface area contributed by atoms with E-state index in [0.717, 1.165) is 12.8 Å². The zero-order chi connectivity index (χ0) is 15.1. The molecule has 3 heteroatoms. The van der Waals surface area contributed by atoms with Crippen LogP contribution in [0.5, 0.6) is 0 Å². The zero-order valence-electron chi connectivity index (χ0n) is 13.9. The lowest BCUT2D eigenvalue weighted by Crippen LogP contribution is -2.27. The van der Waals surface area contributed by atoms with Crippen molar-refractivity contribution in [3.05, 3.63) is 0 Å². The van der Waals surface area contributed by atoms with Crippen molar-refractivity contribution in [3.8, 4) is 0 Å². The SMILES string of the molecule is CCCCCCCCCCCCC(C)OC(=O)NCC. The molecule has 0 heterocycles. The number of amides is 1. The largest absolute Gasteiger partial charge is 0.447 e. The van der Waals surface area contributed by atoms with Crippen LogP contribution in [0.1, 0.15) is 91.4 Å². The molecule has 0 spiro atoms. The van der Waals surface area contributed by atoms with Crippen LogP contribution in [0.3, 0.4) is 0 Å². The molecule has 3 nitrogen and oxygen atoms in total. The molecule has 0 aliphatic rings. The van der Waals surface area contributed by atoms with Crippen molar-refractivity contribution in [3.63, 3.8) is 0 Å². The Labute approximate surface area is 125 Å². The van der Waals surface area contributed by atoms with Gasteiger partial charge in [-0.05, 0) is 26.7 Å². The van der Waals surface area contributed by atoms with E-state index in [1.165, 1.54) is 57.8 Å². The van der Waals surface area contributed by atoms with Crippen LogP contribution in [-0.2, 0) is 4.74 Å². The Balaban J connectivity index is 3.21. The number of unbranched alkanes of at least 4 members (excludes halogenated alkanes) is 9. The Morgan fingerprint density at radius 1 is 0.900 bits per heavy atom. The first-order valence-corrected chi connectivity index (χ1v) is 8.65. The molecule has 20 heavy (non-hydrogen) atoms. The summed E-state index contributed by atoms with van der Waals surface area (Å²) in [5, 5.41) is 2.65. The molecule has 0 saturated heterocycles. The van der Waals surface area contributed by atoms with Crippen LogP contribution >= 0.6 is 0 Å². The highest BCUT2D eigenvalue weighted by molar-refractivity contribution is 5.67. The van der Waals surface area contributed by atoms with E-state index >= 15 is 0 Å². The van der Waals surface area contributed by atoms with Crippen LogP contribution < -0.4 is 5.32 Å². The van der Waals surface area contributed by atoms with Gasteiger partial charge >= 0.3 is 6.09 Å². The Morgan fingerprint density at radius 2 is 1.40 bits per heavy atom. The highest BCUT2D eigenvalue weighted by Gasteiger charge is 2.07. The molecule has 1 N–H and O–H groups in total. The predicted molar refractivity (Wildman–Crippen MR) is 86.1 cm³/mol. The Hall–Kier alpha value is -0.730. The molecule has 0 aromatic carbocycles. The van der Waals surface area contributed by atoms with Crippen molar-refractivity contribution in [2.24, 2.45) is 0 Å². The molecule has 0 rings (SSSR count). The van der Waals surface area contributed by atoms with Gasteiger partial charge in [0, 0.05) is 6.54 Å². The molecular weight excluding hydrogens is 250 g/mol. The van der Waals surface area contributed by atoms with Crippen LogP contribution in [0, 0.1) is 0 Å². The van der Waals surface area contributed by atoms with Gasteiger partial charge in [0.05, 0.1) is 0 Å². The second-order valence-corrected chi connectivity index (χ2v) is 5.72. The summed E-state index contributed by atoms with van der Waals surface area (Å²) in [6, 6.07) is 0. The van der Waals surface area contributed by atoms with Gasteiger partial charge in [0.1, 0.15) is 6.10 Å². The summed E-state index contributed by atoms with van der Waals surface area (Å²) in [5.74, 6) is 0. The molecule has 0 bridgehead atoms. The number of ether oxygens (including phenoxy) is 1. The lowest BCUT2D eigenvalue weighted by atomic mass is 10.1. The number of alkyl carbamates (subject to hydrolysis) is 1. The van der Waals surface area contributed by atoms with Crippen LogP contribution in [0.4, 0.5) is 4.79 Å². The number of hydrogen-bond donors (Lipinski definition) is 1. The van der Waals surface area contributed by atoms with Gasteiger partial charge in [-0.25, -0.2) is 4.79 Å². The number of nitrogens with one attached hydrogen (secondary N) is 1. The minimum atomic E-state index is -0.285. The van der Waals surface area contributed by atoms with E-state index in [4.69, 9.17) is 4.74 Å². The summed E-state index contributed by atoms with van der Waals surface area (Å²) < 4.78 is 5.22. The number of hydrogen-bond acceptors (Lipinski definition) is 2. The fraction of sp³-hybridized carbons (Fsp3) is 0.941. The first kappa shape index (κ1) is 19.3. The van der Waals surface area contributed by atoms with Gasteiger partial charge in [0.15, 0.2) is 0 Å². The van der Waals surface area contributed by atoms with Gasteiger partial charge in [-0.15, -0.1) is 0 Å². The topological polar surface area (TPSA) is 38.3 Å². The first-order valence-electron chi connectivity index (χ1n) is 8.65. The number of carbonyl (C=O) groups excluding carboxylic acids is 1. The first-order chi connectivity index (χ1) is 9.70. The van der Waals surface area contributed by atoms with Crippen LogP contribution in [0.2, 0.25) is 0 Å². The summed E-state index contributed by atoms with van der Waals surface area (Å²) in [4.78, 5) is 11.2. The molecule has 0 aliphatic heterocycles. The molecule has 1 atom stereocenters. The molecule has 0 radical (unpaired) electrons. The van der Waals surface area contributed by atoms with E-state index in [9.17, 15) is 4.79 Å². The second-order valence-electron chi connectivity index (χ2n) is 5.72. The summed E-state index contributed by atoms with van der Waals surface area (Å²) in [7, 11) is 0. The van der Waals surface area contributed by atoms with Crippen molar-refractivity contribution in [1.82, 2.24) is 5.32 Å². The second kappa shape index (κ2) is 14.7. The van der Waals surface area contributed by atoms with E-state index < -0.39 is 0 Å². The van der Waals surface area contributed by atoms with Gasteiger partial charge in [0.2, 0.25) is 0 Å². The third kappa shape index (κ3) is 13.7. The molecule has 0 aliphatic carbocycles. The van der Waals surface area contributed by atoms with Crippen molar-refractivity contribution < 1.29 is 9.53 Å². The zero-order valence-corrected chi connectivity index (χ0v) is 13.9. The number of carbonyl (C=O) groups is 1. The normalized spacial score (nSPS) is 12.2. The van der Waals surface area contributed by atoms with Crippen molar-refractivity contribution in [2.75, 3.05) is 6.54 Å². The van der Waals surface area contributed by atoms with Gasteiger partial charge < -0.3 is 10.1 Å². The highest BCUT2D eigenvalue weighted by atomic mass is 16.6. The summed E-state index contributed by atoms with van der Waals surface area (Å²) >= 11 is 0. The van der Waals surface area contributed by atoms with Gasteiger partial charge in [0.25, 0.3) is 0 Å². The molecular formula is C17H35NO2. The maximum atomic E-state index is 11.2. The van der Waals surface area contributed by atoms with Crippen LogP contribution in [-0.4, -0.2) is 18.7 Å². The Kier molecular flexibility index (Phi) is 14.1. The molecule has 0 aromatic rings. The standard InChI is InChI=1S/C17H35NO2/c1-4-6-7-8-9-10-11-12-13-14-15-16(3)20-17(19)18-5-2/h16H,4-15H2,1-3H3,(H,18,19). The average Bonchev–Trinajstić information content (AvgIpc) is 2.41. The summed E-state index contributed by atoms with van der Waals surface area (Å²) in [6.45, 7) is 6.76. The van der Waals surface area contributed by atoms with E-state index in [1.807, 2.05) is 13.8 Å². The molecule has 1 amide bonds. The summed E-state index contributed by atoms with van der Waals surface area (Å²) in [5.41, 5.74) is 0. The predicted octanol–water partition coefficient (Wildman–Crippen LogP) is 5.43. The fourth-order valence-electron chi connectivity index (χ4n) is 2.35. The minimum Gasteiger partial charge on any atom is -0.447 e. The lowest BCUT2D eigenvalue weighted by molar-refractivity contribution is 0.101. The third-order valence-corrected chi connectivity index (χ3v) is 3.59. The average molecular weight is 285 g/mol. The summed E-state index contributed by atoms with van der Waals surface area (Å²) in [6.07, 6.45) is 14.2. The van der Waals surface area contributed by atoms with E-state index in [0.29, 0.717) is 6.54 Å². The van der Waals surface area contributed by atoms with Crippen LogP contribution in [0.25, 0.3) is 0 Å². The van der Waals surface area contributed by atoms with Crippen molar-refractivity contribution in [1.29, 1.82) is 0 Å². The molecule has 1 unspecified atom stereocenters. The maximum Gasteiger partial charge on any atom is 0.407 e. The number of rotatable bonds is 13. The monoisotopic (exact) mass is 285 g/mol. The van der Waals surface area contributed by atoms with E-state index in [-0.39, 0.29) is 12.2 Å². The Bertz CT molecular complexity index is 219. The highest BCUT2D eigenvalue weighted by Crippen LogP contribution is 2.12. The van der Waals surface area contributed by atoms with Crippen molar-refractivity contribution >= 4 is 6.09 Å².